The lowest BCUT2D eigenvalue weighted by Crippen LogP contribution is -2.32. The SMILES string of the molecule is CC(C)OCCC1(C#N)CCC(C)(C)C1=O. The van der Waals surface area contributed by atoms with Crippen LogP contribution >= 0.6 is 0 Å². The van der Waals surface area contributed by atoms with Gasteiger partial charge < -0.3 is 4.74 Å². The lowest BCUT2D eigenvalue weighted by molar-refractivity contribution is -0.131. The number of carbonyl (C=O) groups excluding carboxylic acids is 1. The molecule has 90 valence electrons. The molecule has 0 bridgehead atoms. The highest BCUT2D eigenvalue weighted by atomic mass is 16.5. The van der Waals surface area contributed by atoms with Gasteiger partial charge in [-0.15, -0.1) is 0 Å². The minimum absolute atomic E-state index is 0.0925. The minimum atomic E-state index is -0.793. The molecule has 1 unspecified atom stereocenters. The van der Waals surface area contributed by atoms with E-state index in [4.69, 9.17) is 4.74 Å². The maximum Gasteiger partial charge on any atom is 0.158 e. The number of ether oxygens (including phenoxy) is 1. The fraction of sp³-hybridized carbons (Fsp3) is 0.846. The van der Waals surface area contributed by atoms with Gasteiger partial charge in [0.1, 0.15) is 5.41 Å². The Bertz CT molecular complexity index is 314. The molecular formula is C13H21NO2. The molecule has 0 amide bonds. The number of Topliss-reactive ketones (excluding diaryl/α,β-unsaturated/α-hetero) is 1. The maximum absolute atomic E-state index is 12.2. The smallest absolute Gasteiger partial charge is 0.158 e. The van der Waals surface area contributed by atoms with Crippen molar-refractivity contribution >= 4 is 5.78 Å². The average molecular weight is 223 g/mol. The molecule has 1 rings (SSSR count). The van der Waals surface area contributed by atoms with Gasteiger partial charge in [0.05, 0.1) is 12.2 Å². The first-order valence-electron chi connectivity index (χ1n) is 5.92. The Morgan fingerprint density at radius 2 is 2.06 bits per heavy atom. The van der Waals surface area contributed by atoms with Crippen LogP contribution in [0.3, 0.4) is 0 Å². The average Bonchev–Trinajstić information content (AvgIpc) is 2.42. The first-order chi connectivity index (χ1) is 7.34. The predicted molar refractivity (Wildman–Crippen MR) is 61.8 cm³/mol. The van der Waals surface area contributed by atoms with Crippen LogP contribution in [-0.2, 0) is 9.53 Å². The monoisotopic (exact) mass is 223 g/mol. The quantitative estimate of drug-likeness (QED) is 0.736. The molecule has 1 aliphatic rings. The number of ketones is 1. The number of hydrogen-bond donors (Lipinski definition) is 0. The van der Waals surface area contributed by atoms with Crippen LogP contribution in [0.25, 0.3) is 0 Å². The third kappa shape index (κ3) is 2.44. The summed E-state index contributed by atoms with van der Waals surface area (Å²) < 4.78 is 5.44. The van der Waals surface area contributed by atoms with Gasteiger partial charge in [0.15, 0.2) is 5.78 Å². The van der Waals surface area contributed by atoms with Crippen molar-refractivity contribution < 1.29 is 9.53 Å². The summed E-state index contributed by atoms with van der Waals surface area (Å²) in [5, 5.41) is 9.26. The van der Waals surface area contributed by atoms with Gasteiger partial charge in [-0.05, 0) is 33.1 Å². The summed E-state index contributed by atoms with van der Waals surface area (Å²) in [6.45, 7) is 8.27. The molecule has 0 aromatic carbocycles. The third-order valence-corrected chi connectivity index (χ3v) is 3.42. The van der Waals surface area contributed by atoms with Crippen LogP contribution in [0.1, 0.15) is 47.0 Å². The summed E-state index contributed by atoms with van der Waals surface area (Å²) in [6, 6.07) is 2.23. The van der Waals surface area contributed by atoms with Crippen LogP contribution < -0.4 is 0 Å². The largest absolute Gasteiger partial charge is 0.379 e. The molecule has 1 aliphatic carbocycles. The molecule has 3 heteroatoms. The van der Waals surface area contributed by atoms with Gasteiger partial charge in [-0.2, -0.15) is 5.26 Å². The van der Waals surface area contributed by atoms with Gasteiger partial charge >= 0.3 is 0 Å². The van der Waals surface area contributed by atoms with E-state index in [2.05, 4.69) is 6.07 Å². The number of carbonyl (C=O) groups is 1. The Morgan fingerprint density at radius 1 is 1.44 bits per heavy atom. The van der Waals surface area contributed by atoms with Crippen molar-refractivity contribution in [2.75, 3.05) is 6.61 Å². The van der Waals surface area contributed by atoms with Crippen molar-refractivity contribution in [3.05, 3.63) is 0 Å². The van der Waals surface area contributed by atoms with E-state index >= 15 is 0 Å². The van der Waals surface area contributed by atoms with Crippen LogP contribution in [-0.4, -0.2) is 18.5 Å². The zero-order valence-electron chi connectivity index (χ0n) is 10.7. The maximum atomic E-state index is 12.2. The topological polar surface area (TPSA) is 50.1 Å². The first kappa shape index (κ1) is 13.2. The lowest BCUT2D eigenvalue weighted by atomic mass is 9.79. The Labute approximate surface area is 97.8 Å². The minimum Gasteiger partial charge on any atom is -0.379 e. The molecule has 1 saturated carbocycles. The molecular weight excluding hydrogens is 202 g/mol. The third-order valence-electron chi connectivity index (χ3n) is 3.42. The Morgan fingerprint density at radius 3 is 2.44 bits per heavy atom. The molecule has 0 saturated heterocycles. The van der Waals surface area contributed by atoms with Crippen molar-refractivity contribution in [1.29, 1.82) is 5.26 Å². The second kappa shape index (κ2) is 4.55. The Hall–Kier alpha value is -0.880. The molecule has 16 heavy (non-hydrogen) atoms. The summed E-state index contributed by atoms with van der Waals surface area (Å²) in [5.74, 6) is 0.0925. The van der Waals surface area contributed by atoms with E-state index in [0.29, 0.717) is 19.4 Å². The number of nitriles is 1. The van der Waals surface area contributed by atoms with Gasteiger partial charge in [-0.25, -0.2) is 0 Å². The van der Waals surface area contributed by atoms with Crippen molar-refractivity contribution in [2.45, 2.75) is 53.1 Å². The van der Waals surface area contributed by atoms with E-state index < -0.39 is 5.41 Å². The fourth-order valence-electron chi connectivity index (χ4n) is 2.27. The summed E-state index contributed by atoms with van der Waals surface area (Å²) >= 11 is 0. The second-order valence-electron chi connectivity index (χ2n) is 5.58. The van der Waals surface area contributed by atoms with Crippen LogP contribution in [0, 0.1) is 22.2 Å². The zero-order chi connectivity index (χ0) is 12.4. The van der Waals surface area contributed by atoms with E-state index in [-0.39, 0.29) is 17.3 Å². The molecule has 1 fully saturated rings. The van der Waals surface area contributed by atoms with Crippen LogP contribution in [0.5, 0.6) is 0 Å². The second-order valence-corrected chi connectivity index (χ2v) is 5.58. The standard InChI is InChI=1S/C13H21NO2/c1-10(2)16-8-7-13(9-14)6-5-12(3,4)11(13)15/h10H,5-8H2,1-4H3. The van der Waals surface area contributed by atoms with Crippen LogP contribution in [0.2, 0.25) is 0 Å². The molecule has 0 N–H and O–H groups in total. The van der Waals surface area contributed by atoms with Gasteiger partial charge in [0.2, 0.25) is 0 Å². The summed E-state index contributed by atoms with van der Waals surface area (Å²) in [6.07, 6.45) is 2.17. The van der Waals surface area contributed by atoms with Gasteiger partial charge in [0.25, 0.3) is 0 Å². The summed E-state index contributed by atoms with van der Waals surface area (Å²) in [5.41, 5.74) is -1.13. The van der Waals surface area contributed by atoms with E-state index in [1.165, 1.54) is 0 Å². The molecule has 0 heterocycles. The van der Waals surface area contributed by atoms with Crippen molar-refractivity contribution in [2.24, 2.45) is 10.8 Å². The van der Waals surface area contributed by atoms with Crippen molar-refractivity contribution in [1.82, 2.24) is 0 Å². The first-order valence-corrected chi connectivity index (χ1v) is 5.92. The van der Waals surface area contributed by atoms with Crippen LogP contribution in [0.4, 0.5) is 0 Å². The predicted octanol–water partition coefficient (Wildman–Crippen LogP) is 2.70. The highest BCUT2D eigenvalue weighted by molar-refractivity contribution is 5.94. The van der Waals surface area contributed by atoms with E-state index in [1.54, 1.807) is 0 Å². The van der Waals surface area contributed by atoms with E-state index in [1.807, 2.05) is 27.7 Å². The van der Waals surface area contributed by atoms with Gasteiger partial charge in [-0.3, -0.25) is 4.79 Å². The highest BCUT2D eigenvalue weighted by Crippen LogP contribution is 2.47. The number of nitrogens with zero attached hydrogens (tertiary/aromatic N) is 1. The van der Waals surface area contributed by atoms with Gasteiger partial charge in [0, 0.05) is 12.0 Å². The Kier molecular flexibility index (Phi) is 3.75. The van der Waals surface area contributed by atoms with Gasteiger partial charge in [-0.1, -0.05) is 13.8 Å². The lowest BCUT2D eigenvalue weighted by Gasteiger charge is -2.22. The van der Waals surface area contributed by atoms with Crippen molar-refractivity contribution in [3.8, 4) is 6.07 Å². The molecule has 3 nitrogen and oxygen atoms in total. The molecule has 0 aromatic rings. The molecule has 0 spiro atoms. The number of rotatable bonds is 4. The molecule has 0 aliphatic heterocycles. The molecule has 0 aromatic heterocycles. The van der Waals surface area contributed by atoms with Crippen molar-refractivity contribution in [3.63, 3.8) is 0 Å². The van der Waals surface area contributed by atoms with E-state index in [9.17, 15) is 10.1 Å². The highest BCUT2D eigenvalue weighted by Gasteiger charge is 2.51. The fourth-order valence-corrected chi connectivity index (χ4v) is 2.27. The molecule has 1 atom stereocenters. The normalized spacial score (nSPS) is 28.4. The number of hydrogen-bond acceptors (Lipinski definition) is 3. The zero-order valence-corrected chi connectivity index (χ0v) is 10.7. The summed E-state index contributed by atoms with van der Waals surface area (Å²) in [4.78, 5) is 12.2. The molecule has 0 radical (unpaired) electrons. The van der Waals surface area contributed by atoms with Crippen LogP contribution in [0.15, 0.2) is 0 Å². The van der Waals surface area contributed by atoms with E-state index in [0.717, 1.165) is 6.42 Å². The summed E-state index contributed by atoms with van der Waals surface area (Å²) in [7, 11) is 0. The Balaban J connectivity index is 2.67.